The van der Waals surface area contributed by atoms with Gasteiger partial charge in [0.1, 0.15) is 5.75 Å². The van der Waals surface area contributed by atoms with E-state index in [1.807, 2.05) is 49.4 Å². The fourth-order valence-electron chi connectivity index (χ4n) is 3.19. The largest absolute Gasteiger partial charge is 0.493 e. The van der Waals surface area contributed by atoms with Gasteiger partial charge in [-0.1, -0.05) is 35.9 Å². The number of aryl methyl sites for hydroxylation is 1. The molecule has 25 heavy (non-hydrogen) atoms. The number of fused-ring (bicyclic) bond motifs is 2. The number of ether oxygens (including phenoxy) is 1. The average Bonchev–Trinajstić information content (AvgIpc) is 2.62. The molecule has 1 aliphatic heterocycles. The van der Waals surface area contributed by atoms with Crippen molar-refractivity contribution < 1.29 is 9.53 Å². The van der Waals surface area contributed by atoms with E-state index in [9.17, 15) is 4.79 Å². The zero-order valence-electron chi connectivity index (χ0n) is 14.0. The molecule has 2 amide bonds. The second-order valence-electron chi connectivity index (χ2n) is 6.21. The predicted octanol–water partition coefficient (Wildman–Crippen LogP) is 4.19. The molecule has 2 aromatic carbocycles. The first kappa shape index (κ1) is 15.4. The fourth-order valence-corrected chi connectivity index (χ4v) is 3.19. The van der Waals surface area contributed by atoms with Gasteiger partial charge in [0, 0.05) is 23.6 Å². The Morgan fingerprint density at radius 1 is 1.20 bits per heavy atom. The van der Waals surface area contributed by atoms with Crippen LogP contribution in [0, 0.1) is 6.92 Å². The summed E-state index contributed by atoms with van der Waals surface area (Å²) in [5.74, 6) is 0.842. The van der Waals surface area contributed by atoms with Gasteiger partial charge in [-0.25, -0.2) is 4.79 Å². The molecule has 0 bridgehead atoms. The summed E-state index contributed by atoms with van der Waals surface area (Å²) in [6, 6.07) is 15.3. The van der Waals surface area contributed by atoms with Gasteiger partial charge in [-0.05, 0) is 25.1 Å². The second-order valence-corrected chi connectivity index (χ2v) is 6.21. The molecule has 0 saturated carbocycles. The number of pyridine rings is 1. The van der Waals surface area contributed by atoms with Gasteiger partial charge < -0.3 is 15.4 Å². The molecule has 2 heterocycles. The van der Waals surface area contributed by atoms with Gasteiger partial charge in [-0.2, -0.15) is 0 Å². The molecule has 0 spiro atoms. The molecule has 3 aromatic rings. The van der Waals surface area contributed by atoms with Crippen LogP contribution in [-0.4, -0.2) is 17.6 Å². The highest BCUT2D eigenvalue weighted by Gasteiger charge is 2.23. The highest BCUT2D eigenvalue weighted by molar-refractivity contribution is 5.99. The Hall–Kier alpha value is -3.08. The fraction of sp³-hybridized carbons (Fsp3) is 0.200. The van der Waals surface area contributed by atoms with Crippen molar-refractivity contribution in [1.29, 1.82) is 0 Å². The highest BCUT2D eigenvalue weighted by atomic mass is 16.5. The summed E-state index contributed by atoms with van der Waals surface area (Å²) < 4.78 is 5.68. The van der Waals surface area contributed by atoms with Crippen LogP contribution in [0.25, 0.3) is 10.9 Å². The molecule has 4 rings (SSSR count). The third-order valence-electron chi connectivity index (χ3n) is 4.39. The van der Waals surface area contributed by atoms with Gasteiger partial charge in [0.25, 0.3) is 0 Å². The van der Waals surface area contributed by atoms with Crippen molar-refractivity contribution in [2.75, 3.05) is 11.9 Å². The van der Waals surface area contributed by atoms with E-state index in [1.54, 1.807) is 6.20 Å². The number of hydrogen-bond donors (Lipinski definition) is 2. The van der Waals surface area contributed by atoms with Crippen LogP contribution in [0.4, 0.5) is 10.5 Å². The van der Waals surface area contributed by atoms with E-state index in [0.717, 1.165) is 34.2 Å². The monoisotopic (exact) mass is 333 g/mol. The highest BCUT2D eigenvalue weighted by Crippen LogP contribution is 2.32. The second kappa shape index (κ2) is 6.43. The van der Waals surface area contributed by atoms with Gasteiger partial charge in [-0.3, -0.25) is 4.98 Å². The molecule has 0 saturated heterocycles. The number of urea groups is 1. The molecule has 5 nitrogen and oxygen atoms in total. The summed E-state index contributed by atoms with van der Waals surface area (Å²) in [6.07, 6.45) is 2.47. The maximum absolute atomic E-state index is 12.5. The number of nitrogens with zero attached hydrogens (tertiary/aromatic N) is 1. The molecule has 2 N–H and O–H groups in total. The lowest BCUT2D eigenvalue weighted by atomic mass is 9.99. The van der Waals surface area contributed by atoms with Crippen LogP contribution in [0.15, 0.2) is 54.7 Å². The molecule has 0 aliphatic carbocycles. The number of anilines is 1. The van der Waals surface area contributed by atoms with Crippen molar-refractivity contribution in [2.24, 2.45) is 0 Å². The first-order chi connectivity index (χ1) is 12.2. The molecule has 1 aromatic heterocycles. The molecule has 1 atom stereocenters. The lowest BCUT2D eigenvalue weighted by Gasteiger charge is -2.27. The SMILES string of the molecule is Cc1ccc2c(c1)C(NC(=O)Nc1cccc3cccnc13)CCO2. The summed E-state index contributed by atoms with van der Waals surface area (Å²) in [5.41, 5.74) is 3.66. The lowest BCUT2D eigenvalue weighted by Crippen LogP contribution is -2.35. The minimum atomic E-state index is -0.238. The van der Waals surface area contributed by atoms with E-state index < -0.39 is 0 Å². The van der Waals surface area contributed by atoms with Gasteiger partial charge >= 0.3 is 6.03 Å². The molecule has 0 radical (unpaired) electrons. The molecule has 0 fully saturated rings. The summed E-state index contributed by atoms with van der Waals surface area (Å²) in [5, 5.41) is 6.97. The molecule has 126 valence electrons. The number of carbonyl (C=O) groups excluding carboxylic acids is 1. The van der Waals surface area contributed by atoms with Gasteiger partial charge in [0.05, 0.1) is 23.9 Å². The van der Waals surface area contributed by atoms with Crippen LogP contribution in [-0.2, 0) is 0 Å². The van der Waals surface area contributed by atoms with Crippen molar-refractivity contribution >= 4 is 22.6 Å². The van der Waals surface area contributed by atoms with Gasteiger partial charge in [0.2, 0.25) is 0 Å². The van der Waals surface area contributed by atoms with E-state index >= 15 is 0 Å². The molecule has 5 heteroatoms. The Morgan fingerprint density at radius 2 is 2.08 bits per heavy atom. The Labute approximate surface area is 146 Å². The normalized spacial score (nSPS) is 16.0. The van der Waals surface area contributed by atoms with E-state index in [2.05, 4.69) is 21.7 Å². The zero-order valence-corrected chi connectivity index (χ0v) is 14.0. The minimum absolute atomic E-state index is 0.0633. The zero-order chi connectivity index (χ0) is 17.2. The third kappa shape index (κ3) is 3.13. The molecule has 1 unspecified atom stereocenters. The van der Waals surface area contributed by atoms with Crippen LogP contribution in [0.5, 0.6) is 5.75 Å². The number of para-hydroxylation sites is 1. The van der Waals surface area contributed by atoms with E-state index in [1.165, 1.54) is 0 Å². The Bertz CT molecular complexity index is 934. The summed E-state index contributed by atoms with van der Waals surface area (Å²) in [6.45, 7) is 2.63. The summed E-state index contributed by atoms with van der Waals surface area (Å²) in [7, 11) is 0. The first-order valence-corrected chi connectivity index (χ1v) is 8.35. The third-order valence-corrected chi connectivity index (χ3v) is 4.39. The lowest BCUT2D eigenvalue weighted by molar-refractivity contribution is 0.232. The standard InChI is InChI=1S/C20H19N3O2/c1-13-7-8-18-15(12-13)16(9-11-25-18)22-20(24)23-17-6-2-4-14-5-3-10-21-19(14)17/h2-8,10,12,16H,9,11H2,1H3,(H2,22,23,24). The van der Waals surface area contributed by atoms with E-state index in [4.69, 9.17) is 4.74 Å². The van der Waals surface area contributed by atoms with Crippen molar-refractivity contribution in [3.8, 4) is 5.75 Å². The number of hydrogen-bond acceptors (Lipinski definition) is 3. The molecule has 1 aliphatic rings. The van der Waals surface area contributed by atoms with Crippen LogP contribution in [0.2, 0.25) is 0 Å². The number of carbonyl (C=O) groups is 1. The Morgan fingerprint density at radius 3 is 3.00 bits per heavy atom. The average molecular weight is 333 g/mol. The smallest absolute Gasteiger partial charge is 0.319 e. The summed E-state index contributed by atoms with van der Waals surface area (Å²) in [4.78, 5) is 16.9. The number of nitrogens with one attached hydrogen (secondary N) is 2. The number of amides is 2. The number of aromatic nitrogens is 1. The maximum Gasteiger partial charge on any atom is 0.319 e. The summed E-state index contributed by atoms with van der Waals surface area (Å²) >= 11 is 0. The first-order valence-electron chi connectivity index (χ1n) is 8.35. The van der Waals surface area contributed by atoms with Crippen molar-refractivity contribution in [2.45, 2.75) is 19.4 Å². The number of benzene rings is 2. The Balaban J connectivity index is 1.54. The quantitative estimate of drug-likeness (QED) is 0.739. The van der Waals surface area contributed by atoms with Gasteiger partial charge in [-0.15, -0.1) is 0 Å². The van der Waals surface area contributed by atoms with Crippen LogP contribution in [0.1, 0.15) is 23.6 Å². The van der Waals surface area contributed by atoms with Crippen molar-refractivity contribution in [1.82, 2.24) is 10.3 Å². The van der Waals surface area contributed by atoms with Crippen LogP contribution >= 0.6 is 0 Å². The predicted molar refractivity (Wildman–Crippen MR) is 97.9 cm³/mol. The topological polar surface area (TPSA) is 63.2 Å². The maximum atomic E-state index is 12.5. The Kier molecular flexibility index (Phi) is 3.98. The van der Waals surface area contributed by atoms with Crippen molar-refractivity contribution in [3.05, 3.63) is 65.9 Å². The van der Waals surface area contributed by atoms with E-state index in [0.29, 0.717) is 12.3 Å². The van der Waals surface area contributed by atoms with Crippen LogP contribution in [0.3, 0.4) is 0 Å². The van der Waals surface area contributed by atoms with E-state index in [-0.39, 0.29) is 12.1 Å². The number of rotatable bonds is 2. The van der Waals surface area contributed by atoms with Crippen molar-refractivity contribution in [3.63, 3.8) is 0 Å². The minimum Gasteiger partial charge on any atom is -0.493 e. The molecular weight excluding hydrogens is 314 g/mol. The van der Waals surface area contributed by atoms with Crippen LogP contribution < -0.4 is 15.4 Å². The molecular formula is C20H19N3O2. The van der Waals surface area contributed by atoms with Gasteiger partial charge in [0.15, 0.2) is 0 Å².